The van der Waals surface area contributed by atoms with Crippen LogP contribution < -0.4 is 10.5 Å². The van der Waals surface area contributed by atoms with Crippen LogP contribution in [0.4, 0.5) is 5.69 Å². The Morgan fingerprint density at radius 3 is 2.57 bits per heavy atom. The molecule has 4 rings (SSSR count). The summed E-state index contributed by atoms with van der Waals surface area (Å²) in [5, 5.41) is 8.61. The topological polar surface area (TPSA) is 69.3 Å². The number of hydrogen-bond donors (Lipinski definition) is 1. The van der Waals surface area contributed by atoms with Crippen molar-refractivity contribution >= 4 is 34.0 Å². The molecule has 6 nitrogen and oxygen atoms in total. The second-order valence-corrected chi connectivity index (χ2v) is 7.46. The molecule has 28 heavy (non-hydrogen) atoms. The summed E-state index contributed by atoms with van der Waals surface area (Å²) in [5.74, 6) is 0.0205. The van der Waals surface area contributed by atoms with E-state index in [0.717, 1.165) is 29.2 Å². The average Bonchev–Trinajstić information content (AvgIpc) is 2.72. The second kappa shape index (κ2) is 7.64. The molecule has 1 N–H and O–H groups in total. The molecule has 0 saturated carbocycles. The van der Waals surface area contributed by atoms with E-state index in [-0.39, 0.29) is 17.9 Å². The maximum atomic E-state index is 12.8. The third kappa shape index (κ3) is 3.60. The number of anilines is 1. The van der Waals surface area contributed by atoms with E-state index >= 15 is 0 Å². The van der Waals surface area contributed by atoms with Crippen molar-refractivity contribution in [2.75, 3.05) is 31.1 Å². The Bertz CT molecular complexity index is 1090. The van der Waals surface area contributed by atoms with Gasteiger partial charge in [0.05, 0.1) is 17.5 Å². The van der Waals surface area contributed by atoms with Crippen LogP contribution in [-0.4, -0.2) is 47.2 Å². The SMILES string of the molecule is Cc1ccc(Cl)cc1N1CCN(C(=O)Cc2n[nH]c(=O)c3ccccc23)CC1. The number of piperazine rings is 1. The molecule has 0 spiro atoms. The minimum atomic E-state index is -0.239. The fourth-order valence-electron chi connectivity index (χ4n) is 3.68. The van der Waals surface area contributed by atoms with Crippen LogP contribution in [0.25, 0.3) is 10.8 Å². The number of halogens is 1. The number of aromatic nitrogens is 2. The first-order valence-corrected chi connectivity index (χ1v) is 9.66. The van der Waals surface area contributed by atoms with E-state index < -0.39 is 0 Å². The van der Waals surface area contributed by atoms with Crippen LogP contribution in [0.3, 0.4) is 0 Å². The number of amides is 1. The van der Waals surface area contributed by atoms with Gasteiger partial charge in [0, 0.05) is 42.3 Å². The molecule has 3 aromatic rings. The molecule has 0 unspecified atom stereocenters. The minimum absolute atomic E-state index is 0.0205. The number of aryl methyl sites for hydroxylation is 1. The number of H-pyrrole nitrogens is 1. The quantitative estimate of drug-likeness (QED) is 0.739. The largest absolute Gasteiger partial charge is 0.368 e. The van der Waals surface area contributed by atoms with E-state index in [9.17, 15) is 9.59 Å². The first-order valence-electron chi connectivity index (χ1n) is 9.28. The van der Waals surface area contributed by atoms with Crippen LogP contribution in [0, 0.1) is 6.92 Å². The summed E-state index contributed by atoms with van der Waals surface area (Å²) >= 11 is 6.14. The normalized spacial score (nSPS) is 14.5. The van der Waals surface area contributed by atoms with Crippen molar-refractivity contribution in [1.29, 1.82) is 0 Å². The summed E-state index contributed by atoms with van der Waals surface area (Å²) in [7, 11) is 0. The molecule has 1 aliphatic heterocycles. The van der Waals surface area contributed by atoms with Crippen LogP contribution in [0.1, 0.15) is 11.3 Å². The summed E-state index contributed by atoms with van der Waals surface area (Å²) in [4.78, 5) is 28.8. The van der Waals surface area contributed by atoms with Crippen LogP contribution in [0.5, 0.6) is 0 Å². The summed E-state index contributed by atoms with van der Waals surface area (Å²) in [6.07, 6.45) is 0.174. The molecule has 0 atom stereocenters. The lowest BCUT2D eigenvalue weighted by Gasteiger charge is -2.37. The van der Waals surface area contributed by atoms with E-state index in [0.29, 0.717) is 24.2 Å². The van der Waals surface area contributed by atoms with Gasteiger partial charge < -0.3 is 9.80 Å². The zero-order valence-electron chi connectivity index (χ0n) is 15.6. The number of fused-ring (bicyclic) bond motifs is 1. The van der Waals surface area contributed by atoms with Gasteiger partial charge >= 0.3 is 0 Å². The lowest BCUT2D eigenvalue weighted by molar-refractivity contribution is -0.130. The molecule has 0 bridgehead atoms. The van der Waals surface area contributed by atoms with Gasteiger partial charge in [0.1, 0.15) is 0 Å². The Morgan fingerprint density at radius 1 is 1.11 bits per heavy atom. The number of nitrogens with zero attached hydrogens (tertiary/aromatic N) is 3. The number of rotatable bonds is 3. The first kappa shape index (κ1) is 18.5. The molecule has 1 saturated heterocycles. The molecular formula is C21H21ClN4O2. The van der Waals surface area contributed by atoms with Gasteiger partial charge in [0.2, 0.25) is 5.91 Å². The smallest absolute Gasteiger partial charge is 0.272 e. The van der Waals surface area contributed by atoms with Crippen molar-refractivity contribution in [1.82, 2.24) is 15.1 Å². The Labute approximate surface area is 167 Å². The molecule has 1 aromatic heterocycles. The number of hydrogen-bond acceptors (Lipinski definition) is 4. The maximum absolute atomic E-state index is 12.8. The summed E-state index contributed by atoms with van der Waals surface area (Å²) in [5.41, 5.74) is 2.66. The van der Waals surface area contributed by atoms with Crippen molar-refractivity contribution in [3.8, 4) is 0 Å². The standard InChI is InChI=1S/C21H21ClN4O2/c1-14-6-7-15(22)12-19(14)25-8-10-26(11-9-25)20(27)13-18-16-4-2-3-5-17(16)21(28)24-23-18/h2-7,12H,8-11,13H2,1H3,(H,24,28). The number of nitrogens with one attached hydrogen (secondary N) is 1. The van der Waals surface area contributed by atoms with Crippen LogP contribution in [-0.2, 0) is 11.2 Å². The number of carbonyl (C=O) groups is 1. The highest BCUT2D eigenvalue weighted by molar-refractivity contribution is 6.30. The van der Waals surface area contributed by atoms with Gasteiger partial charge in [0.15, 0.2) is 0 Å². The van der Waals surface area contributed by atoms with Gasteiger partial charge in [-0.2, -0.15) is 5.10 Å². The zero-order chi connectivity index (χ0) is 19.7. The van der Waals surface area contributed by atoms with Crippen LogP contribution in [0.15, 0.2) is 47.3 Å². The van der Waals surface area contributed by atoms with Gasteiger partial charge in [-0.25, -0.2) is 5.10 Å². The van der Waals surface area contributed by atoms with E-state index in [4.69, 9.17) is 11.6 Å². The second-order valence-electron chi connectivity index (χ2n) is 7.02. The van der Waals surface area contributed by atoms with Crippen molar-refractivity contribution in [2.24, 2.45) is 0 Å². The lowest BCUT2D eigenvalue weighted by Crippen LogP contribution is -2.49. The van der Waals surface area contributed by atoms with Gasteiger partial charge in [-0.1, -0.05) is 35.9 Å². The molecule has 144 valence electrons. The average molecular weight is 397 g/mol. The number of aromatic amines is 1. The fourth-order valence-corrected chi connectivity index (χ4v) is 3.85. The molecule has 2 heterocycles. The predicted octanol–water partition coefficient (Wildman–Crippen LogP) is 2.78. The summed E-state index contributed by atoms with van der Waals surface area (Å²) < 4.78 is 0. The highest BCUT2D eigenvalue weighted by Crippen LogP contribution is 2.25. The molecule has 2 aromatic carbocycles. The van der Waals surface area contributed by atoms with Crippen LogP contribution >= 0.6 is 11.6 Å². The maximum Gasteiger partial charge on any atom is 0.272 e. The van der Waals surface area contributed by atoms with Crippen molar-refractivity contribution < 1.29 is 4.79 Å². The van der Waals surface area contributed by atoms with E-state index in [1.807, 2.05) is 35.2 Å². The molecule has 0 radical (unpaired) electrons. The Morgan fingerprint density at radius 2 is 1.82 bits per heavy atom. The highest BCUT2D eigenvalue weighted by Gasteiger charge is 2.23. The Hall–Kier alpha value is -2.86. The van der Waals surface area contributed by atoms with E-state index in [1.54, 1.807) is 12.1 Å². The Kier molecular flexibility index (Phi) is 5.05. The third-order valence-electron chi connectivity index (χ3n) is 5.24. The highest BCUT2D eigenvalue weighted by atomic mass is 35.5. The van der Waals surface area contributed by atoms with Crippen LogP contribution in [0.2, 0.25) is 5.02 Å². The fraction of sp³-hybridized carbons (Fsp3) is 0.286. The molecule has 7 heteroatoms. The van der Waals surface area contributed by atoms with Gasteiger partial charge in [-0.15, -0.1) is 0 Å². The predicted molar refractivity (Wildman–Crippen MR) is 111 cm³/mol. The molecule has 1 aliphatic rings. The monoisotopic (exact) mass is 396 g/mol. The zero-order valence-corrected chi connectivity index (χ0v) is 16.4. The van der Waals surface area contributed by atoms with Gasteiger partial charge in [-0.05, 0) is 30.7 Å². The van der Waals surface area contributed by atoms with Gasteiger partial charge in [0.25, 0.3) is 5.56 Å². The lowest BCUT2D eigenvalue weighted by atomic mass is 10.1. The molecule has 1 amide bonds. The molecular weight excluding hydrogens is 376 g/mol. The minimum Gasteiger partial charge on any atom is -0.368 e. The summed E-state index contributed by atoms with van der Waals surface area (Å²) in [6, 6.07) is 13.1. The Balaban J connectivity index is 1.46. The van der Waals surface area contributed by atoms with Gasteiger partial charge in [-0.3, -0.25) is 9.59 Å². The third-order valence-corrected chi connectivity index (χ3v) is 5.47. The van der Waals surface area contributed by atoms with E-state index in [1.165, 1.54) is 5.56 Å². The molecule has 0 aliphatic carbocycles. The van der Waals surface area contributed by atoms with Crippen molar-refractivity contribution in [2.45, 2.75) is 13.3 Å². The first-order chi connectivity index (χ1) is 13.5. The van der Waals surface area contributed by atoms with Crippen molar-refractivity contribution in [3.63, 3.8) is 0 Å². The van der Waals surface area contributed by atoms with E-state index in [2.05, 4.69) is 22.0 Å². The van der Waals surface area contributed by atoms with Crippen molar-refractivity contribution in [3.05, 3.63) is 69.1 Å². The number of carbonyl (C=O) groups excluding carboxylic acids is 1. The summed E-state index contributed by atoms with van der Waals surface area (Å²) in [6.45, 7) is 4.87. The number of benzene rings is 2. The molecule has 1 fully saturated rings.